The lowest BCUT2D eigenvalue weighted by Crippen LogP contribution is -2.53. The second kappa shape index (κ2) is 6.90. The third-order valence-electron chi connectivity index (χ3n) is 7.13. The van der Waals surface area contributed by atoms with E-state index >= 15 is 0 Å². The van der Waals surface area contributed by atoms with Crippen molar-refractivity contribution in [2.24, 2.45) is 23.2 Å². The quantitative estimate of drug-likeness (QED) is 0.786. The third kappa shape index (κ3) is 3.71. The maximum absolute atomic E-state index is 12.5. The molecular weight excluding hydrogens is 316 g/mol. The molecule has 0 N–H and O–H groups in total. The van der Waals surface area contributed by atoms with Gasteiger partial charge in [0.25, 0.3) is 0 Å². The van der Waals surface area contributed by atoms with Gasteiger partial charge in [0, 0.05) is 51.7 Å². The van der Waals surface area contributed by atoms with Gasteiger partial charge in [0.1, 0.15) is 0 Å². The molecule has 0 aromatic carbocycles. The molecule has 5 heteroatoms. The Bertz CT molecular complexity index is 521. The molecule has 140 valence electrons. The SMILES string of the molecule is CC1CC1C(=O)N1CCC2(CCC(=O)N(CC3CCOCC3)C2)CC1. The zero-order chi connectivity index (χ0) is 17.4. The lowest BCUT2D eigenvalue weighted by atomic mass is 9.72. The molecule has 0 aromatic heterocycles. The minimum absolute atomic E-state index is 0.255. The van der Waals surface area contributed by atoms with Crippen LogP contribution in [0.1, 0.15) is 51.9 Å². The van der Waals surface area contributed by atoms with Crippen LogP contribution in [-0.4, -0.2) is 61.0 Å². The largest absolute Gasteiger partial charge is 0.381 e. The predicted molar refractivity (Wildman–Crippen MR) is 94.9 cm³/mol. The van der Waals surface area contributed by atoms with E-state index in [9.17, 15) is 9.59 Å². The van der Waals surface area contributed by atoms with Crippen LogP contribution in [0.25, 0.3) is 0 Å². The van der Waals surface area contributed by atoms with Gasteiger partial charge in [-0.2, -0.15) is 0 Å². The average molecular weight is 348 g/mol. The first-order valence-corrected chi connectivity index (χ1v) is 10.2. The zero-order valence-electron chi connectivity index (χ0n) is 15.5. The van der Waals surface area contributed by atoms with Crippen molar-refractivity contribution in [2.45, 2.75) is 51.9 Å². The number of ether oxygens (including phenoxy) is 1. The van der Waals surface area contributed by atoms with Gasteiger partial charge in [-0.05, 0) is 55.8 Å². The van der Waals surface area contributed by atoms with Gasteiger partial charge in [-0.3, -0.25) is 9.59 Å². The summed E-state index contributed by atoms with van der Waals surface area (Å²) in [6.45, 7) is 7.46. The van der Waals surface area contributed by atoms with Crippen LogP contribution < -0.4 is 0 Å². The smallest absolute Gasteiger partial charge is 0.225 e. The molecule has 3 heterocycles. The Morgan fingerprint density at radius 2 is 1.88 bits per heavy atom. The van der Waals surface area contributed by atoms with Gasteiger partial charge >= 0.3 is 0 Å². The van der Waals surface area contributed by atoms with Gasteiger partial charge in [-0.1, -0.05) is 6.92 Å². The first-order chi connectivity index (χ1) is 12.1. The van der Waals surface area contributed by atoms with Gasteiger partial charge in [0.2, 0.25) is 11.8 Å². The zero-order valence-corrected chi connectivity index (χ0v) is 15.5. The van der Waals surface area contributed by atoms with Gasteiger partial charge in [-0.15, -0.1) is 0 Å². The summed E-state index contributed by atoms with van der Waals surface area (Å²) in [5, 5.41) is 0. The summed E-state index contributed by atoms with van der Waals surface area (Å²) in [6.07, 6.45) is 7.08. The fraction of sp³-hybridized carbons (Fsp3) is 0.900. The number of rotatable bonds is 3. The Labute approximate surface area is 151 Å². The summed E-state index contributed by atoms with van der Waals surface area (Å²) in [6, 6.07) is 0. The predicted octanol–water partition coefficient (Wildman–Crippen LogP) is 2.30. The molecule has 3 saturated heterocycles. The molecule has 0 bridgehead atoms. The highest BCUT2D eigenvalue weighted by molar-refractivity contribution is 5.81. The number of likely N-dealkylation sites (tertiary alicyclic amines) is 2. The Balaban J connectivity index is 1.32. The van der Waals surface area contributed by atoms with E-state index in [1.54, 1.807) is 0 Å². The van der Waals surface area contributed by atoms with Crippen LogP contribution in [0.4, 0.5) is 0 Å². The standard InChI is InChI=1S/C20H32N2O3/c1-15-12-17(15)19(24)21-8-6-20(7-9-21)5-2-18(23)22(14-20)13-16-3-10-25-11-4-16/h15-17H,2-14H2,1H3. The number of carbonyl (C=O) groups excluding carboxylic acids is 2. The summed E-state index contributed by atoms with van der Waals surface area (Å²) in [4.78, 5) is 29.1. The molecule has 1 saturated carbocycles. The fourth-order valence-corrected chi connectivity index (χ4v) is 5.02. The van der Waals surface area contributed by atoms with E-state index in [4.69, 9.17) is 4.74 Å². The molecule has 2 amide bonds. The molecular formula is C20H32N2O3. The molecule has 0 radical (unpaired) electrons. The van der Waals surface area contributed by atoms with E-state index in [1.165, 1.54) is 0 Å². The average Bonchev–Trinajstić information content (AvgIpc) is 3.36. The summed E-state index contributed by atoms with van der Waals surface area (Å²) in [5.74, 6) is 2.21. The van der Waals surface area contributed by atoms with E-state index < -0.39 is 0 Å². The van der Waals surface area contributed by atoms with Crippen LogP contribution in [0.3, 0.4) is 0 Å². The number of nitrogens with zero attached hydrogens (tertiary/aromatic N) is 2. The van der Waals surface area contributed by atoms with Crippen molar-refractivity contribution in [1.82, 2.24) is 9.80 Å². The van der Waals surface area contributed by atoms with E-state index in [0.29, 0.717) is 36.0 Å². The maximum Gasteiger partial charge on any atom is 0.225 e. The number of piperidine rings is 2. The highest BCUT2D eigenvalue weighted by Gasteiger charge is 2.46. The van der Waals surface area contributed by atoms with Crippen molar-refractivity contribution in [2.75, 3.05) is 39.4 Å². The van der Waals surface area contributed by atoms with E-state index in [-0.39, 0.29) is 5.41 Å². The monoisotopic (exact) mass is 348 g/mol. The first kappa shape index (κ1) is 17.3. The normalized spacial score (nSPS) is 32.9. The number of amides is 2. The molecule has 0 aromatic rings. The fourth-order valence-electron chi connectivity index (χ4n) is 5.02. The van der Waals surface area contributed by atoms with Crippen LogP contribution in [0.2, 0.25) is 0 Å². The van der Waals surface area contributed by atoms with Gasteiger partial charge < -0.3 is 14.5 Å². The number of hydrogen-bond acceptors (Lipinski definition) is 3. The summed E-state index contributed by atoms with van der Waals surface area (Å²) < 4.78 is 5.45. The van der Waals surface area contributed by atoms with Gasteiger partial charge in [0.15, 0.2) is 0 Å². The Kier molecular flexibility index (Phi) is 4.78. The lowest BCUT2D eigenvalue weighted by molar-refractivity contribution is -0.144. The molecule has 4 fully saturated rings. The summed E-state index contributed by atoms with van der Waals surface area (Å²) in [7, 11) is 0. The van der Waals surface area contributed by atoms with Crippen LogP contribution >= 0.6 is 0 Å². The highest BCUT2D eigenvalue weighted by Crippen LogP contribution is 2.43. The minimum atomic E-state index is 0.255. The van der Waals surface area contributed by atoms with Crippen molar-refractivity contribution >= 4 is 11.8 Å². The Hall–Kier alpha value is -1.10. The van der Waals surface area contributed by atoms with Crippen LogP contribution in [0.15, 0.2) is 0 Å². The second-order valence-electron chi connectivity index (χ2n) is 8.97. The van der Waals surface area contributed by atoms with Crippen molar-refractivity contribution in [1.29, 1.82) is 0 Å². The molecule has 4 rings (SSSR count). The highest BCUT2D eigenvalue weighted by atomic mass is 16.5. The third-order valence-corrected chi connectivity index (χ3v) is 7.13. The van der Waals surface area contributed by atoms with Gasteiger partial charge in [0.05, 0.1) is 0 Å². The Morgan fingerprint density at radius 1 is 1.20 bits per heavy atom. The van der Waals surface area contributed by atoms with E-state index in [0.717, 1.165) is 77.9 Å². The van der Waals surface area contributed by atoms with Crippen molar-refractivity contribution in [3.8, 4) is 0 Å². The molecule has 1 spiro atoms. The number of hydrogen-bond donors (Lipinski definition) is 0. The summed E-state index contributed by atoms with van der Waals surface area (Å²) in [5.41, 5.74) is 0.255. The molecule has 1 aliphatic carbocycles. The molecule has 2 unspecified atom stereocenters. The van der Waals surface area contributed by atoms with E-state index in [1.807, 2.05) is 0 Å². The molecule has 5 nitrogen and oxygen atoms in total. The van der Waals surface area contributed by atoms with Crippen LogP contribution in [0.5, 0.6) is 0 Å². The summed E-state index contributed by atoms with van der Waals surface area (Å²) >= 11 is 0. The van der Waals surface area contributed by atoms with Crippen molar-refractivity contribution in [3.05, 3.63) is 0 Å². The van der Waals surface area contributed by atoms with Crippen LogP contribution in [-0.2, 0) is 14.3 Å². The first-order valence-electron chi connectivity index (χ1n) is 10.2. The second-order valence-corrected chi connectivity index (χ2v) is 8.97. The lowest BCUT2D eigenvalue weighted by Gasteiger charge is -2.48. The van der Waals surface area contributed by atoms with Crippen molar-refractivity contribution < 1.29 is 14.3 Å². The topological polar surface area (TPSA) is 49.9 Å². The number of carbonyl (C=O) groups is 2. The molecule has 25 heavy (non-hydrogen) atoms. The van der Waals surface area contributed by atoms with E-state index in [2.05, 4.69) is 16.7 Å². The van der Waals surface area contributed by atoms with Crippen LogP contribution in [0, 0.1) is 23.2 Å². The molecule has 3 aliphatic heterocycles. The molecule has 4 aliphatic rings. The minimum Gasteiger partial charge on any atom is -0.381 e. The van der Waals surface area contributed by atoms with Crippen molar-refractivity contribution in [3.63, 3.8) is 0 Å². The molecule has 2 atom stereocenters. The maximum atomic E-state index is 12.5. The Morgan fingerprint density at radius 3 is 2.52 bits per heavy atom. The van der Waals surface area contributed by atoms with Gasteiger partial charge in [-0.25, -0.2) is 0 Å².